The van der Waals surface area contributed by atoms with E-state index in [-0.39, 0.29) is 17.0 Å². The van der Waals surface area contributed by atoms with Crippen LogP contribution in [0.5, 0.6) is 5.75 Å². The Balaban J connectivity index is 1.87. The molecule has 1 aliphatic carbocycles. The van der Waals surface area contributed by atoms with E-state index in [4.69, 9.17) is 27.9 Å². The zero-order valence-corrected chi connectivity index (χ0v) is 20.1. The number of hydrogen-bond acceptors (Lipinski definition) is 5. The largest absolute Gasteiger partial charge is 0.484 e. The summed E-state index contributed by atoms with van der Waals surface area (Å²) in [5, 5.41) is 1.23. The zero-order valence-electron chi connectivity index (χ0n) is 17.7. The average Bonchev–Trinajstić information content (AvgIpc) is 3.00. The Morgan fingerprint density at radius 1 is 1.07 bits per heavy atom. The second-order valence-electron chi connectivity index (χ2n) is 8.15. The smallest absolute Gasteiger partial charge is 0.175 e. The maximum atomic E-state index is 11.7. The van der Waals surface area contributed by atoms with E-state index >= 15 is 0 Å². The molecule has 2 aromatic carbocycles. The van der Waals surface area contributed by atoms with Crippen molar-refractivity contribution < 1.29 is 13.2 Å². The van der Waals surface area contributed by atoms with Crippen LogP contribution in [0.15, 0.2) is 41.3 Å². The van der Waals surface area contributed by atoms with Crippen molar-refractivity contribution in [3.63, 3.8) is 0 Å². The lowest BCUT2D eigenvalue weighted by Crippen LogP contribution is -2.38. The number of hydrogen-bond donors (Lipinski definition) is 0. The van der Waals surface area contributed by atoms with Gasteiger partial charge in [-0.3, -0.25) is 4.90 Å². The van der Waals surface area contributed by atoms with Crippen molar-refractivity contribution in [2.45, 2.75) is 29.9 Å². The van der Waals surface area contributed by atoms with E-state index in [1.54, 1.807) is 30.3 Å². The summed E-state index contributed by atoms with van der Waals surface area (Å²) in [5.74, 6) is 0.614. The predicted octanol–water partition coefficient (Wildman–Crippen LogP) is 4.33. The van der Waals surface area contributed by atoms with Crippen LogP contribution in [0.4, 0.5) is 0 Å². The highest BCUT2D eigenvalue weighted by Gasteiger charge is 2.38. The Labute approximate surface area is 189 Å². The van der Waals surface area contributed by atoms with Gasteiger partial charge in [0.15, 0.2) is 9.84 Å². The second-order valence-corrected chi connectivity index (χ2v) is 11.0. The fraction of sp³-hybridized carbons (Fsp3) is 0.455. The fourth-order valence-electron chi connectivity index (χ4n) is 3.86. The summed E-state index contributed by atoms with van der Waals surface area (Å²) in [6.45, 7) is 1.93. The molecule has 1 aliphatic rings. The molecular weight excluding hydrogens is 443 g/mol. The van der Waals surface area contributed by atoms with Crippen LogP contribution >= 0.6 is 23.2 Å². The number of ether oxygens (including phenoxy) is 1. The molecule has 3 rings (SSSR count). The minimum Gasteiger partial charge on any atom is -0.484 e. The van der Waals surface area contributed by atoms with Gasteiger partial charge in [-0.1, -0.05) is 23.2 Å². The van der Waals surface area contributed by atoms with E-state index in [1.165, 1.54) is 6.26 Å². The van der Waals surface area contributed by atoms with Crippen LogP contribution in [0, 0.1) is 0 Å². The van der Waals surface area contributed by atoms with Crippen molar-refractivity contribution in [2.24, 2.45) is 0 Å². The molecule has 0 heterocycles. The zero-order chi connectivity index (χ0) is 22.1. The monoisotopic (exact) mass is 470 g/mol. The first-order valence-electron chi connectivity index (χ1n) is 9.86. The fourth-order valence-corrected chi connectivity index (χ4v) is 5.08. The van der Waals surface area contributed by atoms with E-state index in [9.17, 15) is 8.42 Å². The van der Waals surface area contributed by atoms with Gasteiger partial charge < -0.3 is 9.64 Å². The van der Waals surface area contributed by atoms with Crippen LogP contribution in [0.1, 0.15) is 23.7 Å². The quantitative estimate of drug-likeness (QED) is 0.574. The molecule has 0 saturated heterocycles. The van der Waals surface area contributed by atoms with Crippen LogP contribution < -0.4 is 4.74 Å². The molecule has 0 saturated carbocycles. The third kappa shape index (κ3) is 5.48. The van der Waals surface area contributed by atoms with Crippen LogP contribution in [-0.2, 0) is 16.3 Å². The summed E-state index contributed by atoms with van der Waals surface area (Å²) >= 11 is 12.8. The van der Waals surface area contributed by atoms with Gasteiger partial charge in [0, 0.05) is 21.9 Å². The molecule has 2 unspecified atom stereocenters. The van der Waals surface area contributed by atoms with Gasteiger partial charge >= 0.3 is 0 Å². The normalized spacial score (nSPS) is 18.8. The highest BCUT2D eigenvalue weighted by molar-refractivity contribution is 7.90. The molecular formula is C22H28Cl2N2O3S. The SMILES string of the molecule is CN(C)CCCN(C)C1Cc2c(Cl)cc(Cl)cc2C1Oc1ccc(S(C)(=O)=O)cc1. The minimum absolute atomic E-state index is 0.104. The molecule has 0 fully saturated rings. The predicted molar refractivity (Wildman–Crippen MR) is 123 cm³/mol. The Morgan fingerprint density at radius 3 is 2.33 bits per heavy atom. The second kappa shape index (κ2) is 9.45. The summed E-state index contributed by atoms with van der Waals surface area (Å²) in [6.07, 6.45) is 2.76. The average molecular weight is 471 g/mol. The van der Waals surface area contributed by atoms with Crippen molar-refractivity contribution in [3.8, 4) is 5.75 Å². The molecule has 5 nitrogen and oxygen atoms in total. The molecule has 164 valence electrons. The van der Waals surface area contributed by atoms with Crippen molar-refractivity contribution in [3.05, 3.63) is 57.6 Å². The van der Waals surface area contributed by atoms with Crippen LogP contribution in [0.3, 0.4) is 0 Å². The molecule has 2 atom stereocenters. The molecule has 0 aromatic heterocycles. The molecule has 2 aromatic rings. The van der Waals surface area contributed by atoms with Gasteiger partial charge in [0.05, 0.1) is 10.9 Å². The number of benzene rings is 2. The molecule has 0 aliphatic heterocycles. The first-order chi connectivity index (χ1) is 14.1. The lowest BCUT2D eigenvalue weighted by atomic mass is 10.1. The maximum Gasteiger partial charge on any atom is 0.175 e. The third-order valence-electron chi connectivity index (χ3n) is 5.46. The summed E-state index contributed by atoms with van der Waals surface area (Å²) in [4.78, 5) is 4.75. The van der Waals surface area contributed by atoms with Crippen molar-refractivity contribution >= 4 is 33.0 Å². The van der Waals surface area contributed by atoms with Crippen molar-refractivity contribution in [2.75, 3.05) is 40.5 Å². The van der Waals surface area contributed by atoms with E-state index in [1.807, 2.05) is 6.07 Å². The van der Waals surface area contributed by atoms with E-state index in [2.05, 4.69) is 30.9 Å². The summed E-state index contributed by atoms with van der Waals surface area (Å²) in [7, 11) is 2.99. The Bertz CT molecular complexity index is 994. The first kappa shape index (κ1) is 23.4. The van der Waals surface area contributed by atoms with E-state index in [0.717, 1.165) is 37.1 Å². The highest BCUT2D eigenvalue weighted by atomic mass is 35.5. The number of halogens is 2. The number of likely N-dealkylation sites (N-methyl/N-ethyl adjacent to an activating group) is 1. The van der Waals surface area contributed by atoms with E-state index in [0.29, 0.717) is 15.8 Å². The molecule has 0 bridgehead atoms. The Morgan fingerprint density at radius 2 is 1.73 bits per heavy atom. The van der Waals surface area contributed by atoms with Crippen molar-refractivity contribution in [1.82, 2.24) is 9.80 Å². The third-order valence-corrected chi connectivity index (χ3v) is 7.15. The van der Waals surface area contributed by atoms with Gasteiger partial charge in [-0.25, -0.2) is 8.42 Å². The molecule has 0 radical (unpaired) electrons. The van der Waals surface area contributed by atoms with Gasteiger partial charge in [0.2, 0.25) is 0 Å². The molecule has 30 heavy (non-hydrogen) atoms. The number of nitrogens with zero attached hydrogens (tertiary/aromatic N) is 2. The Kier molecular flexibility index (Phi) is 7.36. The Hall–Kier alpha value is -1.31. The van der Waals surface area contributed by atoms with E-state index < -0.39 is 9.84 Å². The topological polar surface area (TPSA) is 49.9 Å². The molecule has 0 N–H and O–H groups in total. The first-order valence-corrected chi connectivity index (χ1v) is 12.5. The molecule has 0 amide bonds. The summed E-state index contributed by atoms with van der Waals surface area (Å²) in [6, 6.07) is 10.3. The van der Waals surface area contributed by atoms with Gasteiger partial charge in [0.1, 0.15) is 11.9 Å². The number of sulfone groups is 1. The summed E-state index contributed by atoms with van der Waals surface area (Å²) < 4.78 is 29.8. The van der Waals surface area contributed by atoms with Gasteiger partial charge in [0.25, 0.3) is 0 Å². The van der Waals surface area contributed by atoms with Gasteiger partial charge in [-0.15, -0.1) is 0 Å². The van der Waals surface area contributed by atoms with Crippen LogP contribution in [-0.4, -0.2) is 64.7 Å². The van der Waals surface area contributed by atoms with Gasteiger partial charge in [-0.05, 0) is 89.0 Å². The minimum atomic E-state index is -3.25. The standard InChI is InChI=1S/C22H28Cl2N2O3S/c1-25(2)10-5-11-26(3)21-14-18-19(12-15(23)13-20(18)24)22(21)29-16-6-8-17(9-7-16)30(4,27)28/h6-9,12-13,21-22H,5,10-11,14H2,1-4H3. The highest BCUT2D eigenvalue weighted by Crippen LogP contribution is 2.42. The van der Waals surface area contributed by atoms with Crippen LogP contribution in [0.25, 0.3) is 0 Å². The number of fused-ring (bicyclic) bond motifs is 1. The maximum absolute atomic E-state index is 11.7. The lowest BCUT2D eigenvalue weighted by molar-refractivity contribution is 0.0930. The molecule has 8 heteroatoms. The van der Waals surface area contributed by atoms with Gasteiger partial charge in [-0.2, -0.15) is 0 Å². The summed E-state index contributed by atoms with van der Waals surface area (Å²) in [5.41, 5.74) is 2.05. The van der Waals surface area contributed by atoms with Crippen LogP contribution in [0.2, 0.25) is 10.0 Å². The van der Waals surface area contributed by atoms with Crippen molar-refractivity contribution in [1.29, 1.82) is 0 Å². The number of rotatable bonds is 8. The molecule has 0 spiro atoms. The lowest BCUT2D eigenvalue weighted by Gasteiger charge is -2.30.